The van der Waals surface area contributed by atoms with Crippen molar-refractivity contribution in [3.63, 3.8) is 0 Å². The van der Waals surface area contributed by atoms with E-state index < -0.39 is 17.3 Å². The number of aryl methyl sites for hydroxylation is 2. The molecule has 0 atom stereocenters. The Morgan fingerprint density at radius 3 is 2.72 bits per heavy atom. The highest BCUT2D eigenvalue weighted by atomic mass is 32.1. The lowest BCUT2D eigenvalue weighted by Crippen LogP contribution is -2.14. The number of halogens is 1. The molecule has 0 aliphatic rings. The van der Waals surface area contributed by atoms with Gasteiger partial charge in [-0.3, -0.25) is 14.3 Å². The van der Waals surface area contributed by atoms with Crippen LogP contribution in [0.2, 0.25) is 6.82 Å². The lowest BCUT2D eigenvalue weighted by molar-refractivity contribution is 0.103. The molecule has 8 nitrogen and oxygen atoms in total. The van der Waals surface area contributed by atoms with E-state index in [-0.39, 0.29) is 11.4 Å². The van der Waals surface area contributed by atoms with Gasteiger partial charge in [0.1, 0.15) is 18.8 Å². The lowest BCUT2D eigenvalue weighted by atomic mass is 9.72. The van der Waals surface area contributed by atoms with Gasteiger partial charge in [0.25, 0.3) is 11.5 Å². The minimum Gasteiger partial charge on any atom is -0.334 e. The summed E-state index contributed by atoms with van der Waals surface area (Å²) in [6.45, 7) is 3.84. The number of nitrogens with one attached hydrogen (secondary N) is 3. The molecule has 179 valence electrons. The Balaban J connectivity index is 1.43. The summed E-state index contributed by atoms with van der Waals surface area (Å²) in [4.78, 5) is 25.7. The molecule has 0 aliphatic carbocycles. The third kappa shape index (κ3) is 4.52. The van der Waals surface area contributed by atoms with E-state index in [1.807, 2.05) is 45.3 Å². The summed E-state index contributed by atoms with van der Waals surface area (Å²) in [6.07, 6.45) is 0. The fraction of sp³-hybridized carbons (Fsp3) is 0.120. The van der Waals surface area contributed by atoms with E-state index in [1.54, 1.807) is 23.9 Å². The van der Waals surface area contributed by atoms with Crippen molar-refractivity contribution in [2.24, 2.45) is 7.05 Å². The molecule has 3 aromatic heterocycles. The Labute approximate surface area is 210 Å². The number of aromatic amines is 1. The second-order valence-corrected chi connectivity index (χ2v) is 9.31. The first-order valence-corrected chi connectivity index (χ1v) is 11.9. The minimum atomic E-state index is -0.581. The Hall–Kier alpha value is -4.25. The van der Waals surface area contributed by atoms with E-state index in [0.29, 0.717) is 22.0 Å². The molecule has 1 radical (unpaired) electrons. The summed E-state index contributed by atoms with van der Waals surface area (Å²) < 4.78 is 17.3. The molecule has 36 heavy (non-hydrogen) atoms. The van der Waals surface area contributed by atoms with E-state index >= 15 is 0 Å². The second kappa shape index (κ2) is 9.42. The van der Waals surface area contributed by atoms with Crippen LogP contribution in [0, 0.1) is 12.7 Å². The summed E-state index contributed by atoms with van der Waals surface area (Å²) in [7, 11) is 3.78. The first kappa shape index (κ1) is 23.5. The zero-order chi connectivity index (χ0) is 25.4. The molecule has 0 unspecified atom stereocenters. The van der Waals surface area contributed by atoms with Gasteiger partial charge in [-0.15, -0.1) is 11.3 Å². The molecular formula is C25H21BFN6O2S. The predicted molar refractivity (Wildman–Crippen MR) is 143 cm³/mol. The third-order valence-corrected chi connectivity index (χ3v) is 6.92. The summed E-state index contributed by atoms with van der Waals surface area (Å²) in [6, 6.07) is 15.3. The quantitative estimate of drug-likeness (QED) is 0.304. The Morgan fingerprint density at radius 2 is 1.97 bits per heavy atom. The topological polar surface area (TPSA) is 105 Å². The van der Waals surface area contributed by atoms with Crippen LogP contribution < -0.4 is 21.7 Å². The number of hydrogen-bond donors (Lipinski definition) is 3. The van der Waals surface area contributed by atoms with Crippen molar-refractivity contribution in [2.75, 3.05) is 10.6 Å². The largest absolute Gasteiger partial charge is 0.334 e. The fourth-order valence-corrected chi connectivity index (χ4v) is 4.81. The van der Waals surface area contributed by atoms with Crippen LogP contribution in [0.1, 0.15) is 15.4 Å². The van der Waals surface area contributed by atoms with Crippen LogP contribution in [-0.2, 0) is 7.05 Å². The minimum absolute atomic E-state index is 0.0140. The van der Waals surface area contributed by atoms with Crippen molar-refractivity contribution in [2.45, 2.75) is 13.7 Å². The molecule has 5 aromatic rings. The van der Waals surface area contributed by atoms with Gasteiger partial charge in [-0.2, -0.15) is 10.2 Å². The van der Waals surface area contributed by atoms with E-state index in [4.69, 9.17) is 0 Å². The number of carbonyl (C=O) groups is 1. The average Bonchev–Trinajstić information content (AvgIpc) is 3.44. The van der Waals surface area contributed by atoms with Gasteiger partial charge < -0.3 is 10.6 Å². The molecule has 0 fully saturated rings. The number of H-pyrrole nitrogens is 1. The second-order valence-electron chi connectivity index (χ2n) is 8.22. The molecule has 0 bridgehead atoms. The molecule has 0 spiro atoms. The number of carbonyl (C=O) groups excluding carboxylic acids is 1. The maximum Gasteiger partial charge on any atom is 0.287 e. The SMILES string of the molecule is C[B]c1cccc2sc(C(=O)Nc3cc(-c4cc(Nc5cc(C)n(C)n5)c(=O)[nH]n4)ccc3F)cc12. The first-order valence-electron chi connectivity index (χ1n) is 11.1. The molecule has 3 heterocycles. The van der Waals surface area contributed by atoms with E-state index in [0.717, 1.165) is 21.2 Å². The van der Waals surface area contributed by atoms with Gasteiger partial charge in [0.15, 0.2) is 5.82 Å². The summed E-state index contributed by atoms with van der Waals surface area (Å²) in [5.41, 5.74) is 2.69. The number of fused-ring (bicyclic) bond motifs is 1. The van der Waals surface area contributed by atoms with Crippen LogP contribution in [0.5, 0.6) is 0 Å². The summed E-state index contributed by atoms with van der Waals surface area (Å²) >= 11 is 1.35. The number of nitrogens with zero attached hydrogens (tertiary/aromatic N) is 3. The van der Waals surface area contributed by atoms with E-state index in [1.165, 1.54) is 29.5 Å². The Bertz CT molecular complexity index is 1660. The Kier molecular flexibility index (Phi) is 6.15. The number of amides is 1. The van der Waals surface area contributed by atoms with Crippen molar-refractivity contribution in [1.29, 1.82) is 0 Å². The monoisotopic (exact) mass is 499 g/mol. The third-order valence-electron chi connectivity index (χ3n) is 5.82. The summed E-state index contributed by atoms with van der Waals surface area (Å²) in [5, 5.41) is 17.5. The summed E-state index contributed by atoms with van der Waals surface area (Å²) in [5.74, 6) is -0.476. The standard InChI is InChI=1S/C25H21BFN6O2S/c1-13-9-23(32-33(13)3)28-20-12-18(30-31-24(20)34)14-7-8-17(27)19(10-14)29-25(35)22-11-15-16(26-2)5-4-6-21(15)36-22/h4-12H,1-3H3,(H,29,35)(H,31,34)(H,28,30,32). The zero-order valence-electron chi connectivity index (χ0n) is 19.7. The number of aromatic nitrogens is 4. The van der Waals surface area contributed by atoms with E-state index in [2.05, 4.69) is 25.9 Å². The smallest absolute Gasteiger partial charge is 0.287 e. The van der Waals surface area contributed by atoms with Gasteiger partial charge in [-0.05, 0) is 48.7 Å². The van der Waals surface area contributed by atoms with Crippen LogP contribution in [0.15, 0.2) is 59.4 Å². The van der Waals surface area contributed by atoms with Gasteiger partial charge in [0, 0.05) is 29.1 Å². The predicted octanol–water partition coefficient (Wildman–Crippen LogP) is 4.21. The molecule has 2 aromatic carbocycles. The van der Waals surface area contributed by atoms with E-state index in [9.17, 15) is 14.0 Å². The van der Waals surface area contributed by atoms with Crippen molar-refractivity contribution in [3.05, 3.63) is 81.3 Å². The van der Waals surface area contributed by atoms with Gasteiger partial charge in [-0.25, -0.2) is 9.49 Å². The highest BCUT2D eigenvalue weighted by Crippen LogP contribution is 2.28. The molecule has 11 heteroatoms. The Morgan fingerprint density at radius 1 is 1.14 bits per heavy atom. The number of hydrogen-bond acceptors (Lipinski definition) is 6. The number of benzene rings is 2. The van der Waals surface area contributed by atoms with Crippen molar-refractivity contribution in [1.82, 2.24) is 20.0 Å². The maximum absolute atomic E-state index is 14.6. The highest BCUT2D eigenvalue weighted by molar-refractivity contribution is 7.21. The van der Waals surface area contributed by atoms with Gasteiger partial charge in [-0.1, -0.05) is 24.4 Å². The fourth-order valence-electron chi connectivity index (χ4n) is 3.82. The van der Waals surface area contributed by atoms with Crippen LogP contribution in [0.4, 0.5) is 21.6 Å². The van der Waals surface area contributed by atoms with Crippen LogP contribution >= 0.6 is 11.3 Å². The molecule has 0 aliphatic heterocycles. The lowest BCUT2D eigenvalue weighted by Gasteiger charge is -2.09. The van der Waals surface area contributed by atoms with Crippen LogP contribution in [0.25, 0.3) is 21.3 Å². The first-order chi connectivity index (χ1) is 17.3. The number of anilines is 3. The van der Waals surface area contributed by atoms with Gasteiger partial charge in [0.05, 0.1) is 16.3 Å². The van der Waals surface area contributed by atoms with Gasteiger partial charge >= 0.3 is 0 Å². The molecule has 1 amide bonds. The molecular weight excluding hydrogens is 478 g/mol. The van der Waals surface area contributed by atoms with Crippen molar-refractivity contribution < 1.29 is 9.18 Å². The van der Waals surface area contributed by atoms with Crippen molar-refractivity contribution in [3.8, 4) is 11.3 Å². The molecule has 0 saturated heterocycles. The molecule has 0 saturated carbocycles. The number of rotatable bonds is 6. The maximum atomic E-state index is 14.6. The average molecular weight is 499 g/mol. The molecule has 3 N–H and O–H groups in total. The van der Waals surface area contributed by atoms with Crippen LogP contribution in [0.3, 0.4) is 0 Å². The normalized spacial score (nSPS) is 11.0. The van der Waals surface area contributed by atoms with Crippen LogP contribution in [-0.4, -0.2) is 33.2 Å². The number of thiophene rings is 1. The highest BCUT2D eigenvalue weighted by Gasteiger charge is 2.16. The zero-order valence-corrected chi connectivity index (χ0v) is 20.5. The molecule has 5 rings (SSSR count). The van der Waals surface area contributed by atoms with Gasteiger partial charge in [0.2, 0.25) is 0 Å². The van der Waals surface area contributed by atoms with Crippen molar-refractivity contribution >= 4 is 57.3 Å².